The molecule has 3 rings (SSSR count). The molecule has 1 fully saturated rings. The highest BCUT2D eigenvalue weighted by Gasteiger charge is 2.38. The summed E-state index contributed by atoms with van der Waals surface area (Å²) in [6, 6.07) is 9.07. The van der Waals surface area contributed by atoms with Crippen LogP contribution in [0.1, 0.15) is 6.42 Å². The molecule has 116 valence electrons. The second kappa shape index (κ2) is 6.19. The number of nitrogens with zero attached hydrogens (tertiary/aromatic N) is 3. The minimum Gasteiger partial charge on any atom is -0.431 e. The van der Waals surface area contributed by atoms with E-state index in [0.29, 0.717) is 12.4 Å². The van der Waals surface area contributed by atoms with Crippen molar-refractivity contribution in [2.75, 3.05) is 13.2 Å². The van der Waals surface area contributed by atoms with Crippen LogP contribution < -0.4 is 9.61 Å². The number of hydrogen-bond acceptors (Lipinski definition) is 6. The minimum atomic E-state index is -3.06. The van der Waals surface area contributed by atoms with Crippen molar-refractivity contribution in [3.8, 4) is 5.75 Å². The number of rotatable bonds is 2. The lowest BCUT2D eigenvalue weighted by Crippen LogP contribution is -2.20. The van der Waals surface area contributed by atoms with Crippen molar-refractivity contribution in [1.82, 2.24) is 5.09 Å². The lowest BCUT2D eigenvalue weighted by molar-refractivity contribution is 0.310. The van der Waals surface area contributed by atoms with Crippen LogP contribution in [0.15, 0.2) is 43.9 Å². The molecule has 0 bridgehead atoms. The predicted molar refractivity (Wildman–Crippen MR) is 91.2 cm³/mol. The Morgan fingerprint density at radius 2 is 1.86 bits per heavy atom. The van der Waals surface area contributed by atoms with Crippen LogP contribution in [-0.4, -0.2) is 13.2 Å². The van der Waals surface area contributed by atoms with E-state index < -0.39 is 20.3 Å². The summed E-state index contributed by atoms with van der Waals surface area (Å²) in [4.78, 5) is 0. The normalized spacial score (nSPS) is 34.4. The molecule has 1 N–H and O–H groups in total. The Balaban J connectivity index is 2.05. The number of nitrogens with one attached hydrogen (secondary N) is 1. The first-order chi connectivity index (χ1) is 9.91. The fourth-order valence-electron chi connectivity index (χ4n) is 1.78. The molecule has 0 aromatic heterocycles. The first kappa shape index (κ1) is 16.4. The number of para-hydroxylation sites is 1. The molecule has 2 aliphatic heterocycles. The van der Waals surface area contributed by atoms with Gasteiger partial charge >= 0.3 is 6.78 Å². The van der Waals surface area contributed by atoms with Gasteiger partial charge in [0, 0.05) is 6.54 Å². The van der Waals surface area contributed by atoms with Crippen molar-refractivity contribution in [1.29, 1.82) is 0 Å². The van der Waals surface area contributed by atoms with Crippen molar-refractivity contribution < 1.29 is 9.05 Å². The zero-order valence-electron chi connectivity index (χ0n) is 10.6. The molecule has 2 heterocycles. The molecule has 0 amide bonds. The maximum atomic E-state index is 6.48. The van der Waals surface area contributed by atoms with Crippen molar-refractivity contribution in [2.24, 2.45) is 13.5 Å². The Hall–Kier alpha value is 0.500. The van der Waals surface area contributed by atoms with Gasteiger partial charge in [0.2, 0.25) is 0 Å². The SMILES string of the molecule is ClP1(Cl)=N[P@@]2(=N[P@](Cl)(Oc3ccccc3)=N1)NCCCO2. The van der Waals surface area contributed by atoms with Crippen LogP contribution in [0.4, 0.5) is 0 Å². The van der Waals surface area contributed by atoms with Crippen LogP contribution in [0.2, 0.25) is 0 Å². The van der Waals surface area contributed by atoms with Gasteiger partial charge in [-0.15, -0.1) is 0 Å². The van der Waals surface area contributed by atoms with Crippen LogP contribution in [-0.2, 0) is 4.52 Å². The van der Waals surface area contributed by atoms with Crippen LogP contribution in [0.3, 0.4) is 0 Å². The van der Waals surface area contributed by atoms with E-state index in [1.807, 2.05) is 18.2 Å². The highest BCUT2D eigenvalue weighted by molar-refractivity contribution is 8.15. The van der Waals surface area contributed by atoms with Gasteiger partial charge < -0.3 is 9.05 Å². The third-order valence-electron chi connectivity index (χ3n) is 2.55. The van der Waals surface area contributed by atoms with E-state index in [2.05, 4.69) is 18.6 Å². The summed E-state index contributed by atoms with van der Waals surface area (Å²) in [6.07, 6.45) is 0.868. The molecule has 2 atom stereocenters. The van der Waals surface area contributed by atoms with Crippen LogP contribution in [0.25, 0.3) is 0 Å². The Bertz CT molecular complexity index is 695. The van der Waals surface area contributed by atoms with Gasteiger partial charge in [0.1, 0.15) is 5.75 Å². The molecule has 0 aliphatic carbocycles. The third-order valence-corrected chi connectivity index (χ3v) is 13.5. The highest BCUT2D eigenvalue weighted by atomic mass is 35.9. The lowest BCUT2D eigenvalue weighted by Gasteiger charge is -2.31. The van der Waals surface area contributed by atoms with Gasteiger partial charge in [-0.25, -0.2) is 5.09 Å². The smallest absolute Gasteiger partial charge is 0.351 e. The summed E-state index contributed by atoms with van der Waals surface area (Å²) in [5, 5.41) is 3.15. The zero-order valence-corrected chi connectivity index (χ0v) is 15.6. The molecule has 12 heteroatoms. The second-order valence-electron chi connectivity index (χ2n) is 4.24. The van der Waals surface area contributed by atoms with Gasteiger partial charge in [0.25, 0.3) is 13.5 Å². The minimum absolute atomic E-state index is 0.532. The van der Waals surface area contributed by atoms with Crippen LogP contribution in [0.5, 0.6) is 5.75 Å². The standard InChI is InChI=1S/C9H12Cl3N4O2P3/c10-19(11)14-20(12,18-9-5-2-1-3-6-9)16-21(15-19)13-7-4-8-17-21/h1-3,5-6,13H,4,7-8H2/t20-,21-/m1/s1. The van der Waals surface area contributed by atoms with Crippen LogP contribution >= 0.6 is 54.0 Å². The van der Waals surface area contributed by atoms with Gasteiger partial charge in [-0.2, -0.15) is 13.5 Å². The first-order valence-electron chi connectivity index (χ1n) is 6.05. The molecule has 2 aliphatic rings. The van der Waals surface area contributed by atoms with Gasteiger partial charge in [0.15, 0.2) is 0 Å². The molecular formula is C9H12Cl3N4O2P3. The van der Waals surface area contributed by atoms with Gasteiger partial charge in [-0.05, 0) is 52.3 Å². The summed E-state index contributed by atoms with van der Waals surface area (Å²) in [7, 11) is -2.68. The topological polar surface area (TPSA) is 67.6 Å². The summed E-state index contributed by atoms with van der Waals surface area (Å²) < 4.78 is 24.4. The molecule has 1 aromatic rings. The molecule has 21 heavy (non-hydrogen) atoms. The van der Waals surface area contributed by atoms with E-state index >= 15 is 0 Å². The largest absolute Gasteiger partial charge is 0.431 e. The average Bonchev–Trinajstić information content (AvgIpc) is 2.37. The second-order valence-corrected chi connectivity index (χ2v) is 14.8. The van der Waals surface area contributed by atoms with Crippen molar-refractivity contribution in [3.05, 3.63) is 30.3 Å². The molecule has 1 aromatic carbocycles. The fourth-order valence-corrected chi connectivity index (χ4v) is 15.0. The van der Waals surface area contributed by atoms with E-state index in [9.17, 15) is 0 Å². The fraction of sp³-hybridized carbons (Fsp3) is 0.333. The molecule has 0 unspecified atom stereocenters. The van der Waals surface area contributed by atoms with E-state index in [0.717, 1.165) is 13.0 Å². The van der Waals surface area contributed by atoms with Gasteiger partial charge in [-0.1, -0.05) is 18.2 Å². The van der Waals surface area contributed by atoms with Gasteiger partial charge in [-0.3, -0.25) is 0 Å². The van der Waals surface area contributed by atoms with Gasteiger partial charge in [0.05, 0.1) is 6.61 Å². The van der Waals surface area contributed by atoms with Crippen molar-refractivity contribution >= 4 is 54.0 Å². The number of halogens is 3. The van der Waals surface area contributed by atoms with E-state index in [4.69, 9.17) is 42.8 Å². The molecule has 6 nitrogen and oxygen atoms in total. The average molecular weight is 408 g/mol. The summed E-state index contributed by atoms with van der Waals surface area (Å²) in [5.74, 6) is -2.42. The summed E-state index contributed by atoms with van der Waals surface area (Å²) >= 11 is 18.9. The maximum absolute atomic E-state index is 6.48. The molecule has 1 saturated heterocycles. The summed E-state index contributed by atoms with van der Waals surface area (Å²) in [6.45, 7) is -1.81. The number of hydrogen-bond donors (Lipinski definition) is 1. The van der Waals surface area contributed by atoms with E-state index in [-0.39, 0.29) is 0 Å². The van der Waals surface area contributed by atoms with E-state index in [1.165, 1.54) is 0 Å². The highest BCUT2D eigenvalue weighted by Crippen LogP contribution is 2.83. The quantitative estimate of drug-likeness (QED) is 0.559. The van der Waals surface area contributed by atoms with Crippen LogP contribution in [0, 0.1) is 0 Å². The Labute approximate surface area is 137 Å². The first-order valence-corrected chi connectivity index (χ1v) is 13.7. The lowest BCUT2D eigenvalue weighted by atomic mass is 10.3. The maximum Gasteiger partial charge on any atom is 0.351 e. The van der Waals surface area contributed by atoms with E-state index in [1.54, 1.807) is 12.1 Å². The molecule has 0 radical (unpaired) electrons. The molecular weight excluding hydrogens is 395 g/mol. The molecule has 1 spiro atoms. The Kier molecular flexibility index (Phi) is 4.82. The van der Waals surface area contributed by atoms with Crippen molar-refractivity contribution in [3.63, 3.8) is 0 Å². The van der Waals surface area contributed by atoms with Crippen molar-refractivity contribution in [2.45, 2.75) is 6.42 Å². The number of benzene rings is 1. The molecule has 0 saturated carbocycles. The Morgan fingerprint density at radius 1 is 1.10 bits per heavy atom. The zero-order chi connectivity index (χ0) is 15.0. The third kappa shape index (κ3) is 4.07. The Morgan fingerprint density at radius 3 is 2.52 bits per heavy atom. The predicted octanol–water partition coefficient (Wildman–Crippen LogP) is 6.64. The monoisotopic (exact) mass is 406 g/mol. The summed E-state index contributed by atoms with van der Waals surface area (Å²) in [5.41, 5.74) is 0.